The van der Waals surface area contributed by atoms with Crippen LogP contribution in [0.15, 0.2) is 36.7 Å². The highest BCUT2D eigenvalue weighted by molar-refractivity contribution is 6.42. The molecule has 5 heteroatoms. The molecular formula is C16H18Cl2N2O. The van der Waals surface area contributed by atoms with E-state index in [-0.39, 0.29) is 6.04 Å². The maximum absolute atomic E-state index is 6.07. The summed E-state index contributed by atoms with van der Waals surface area (Å²) >= 11 is 12.0. The van der Waals surface area contributed by atoms with Crippen LogP contribution in [0.5, 0.6) is 5.75 Å². The highest BCUT2D eigenvalue weighted by atomic mass is 35.5. The van der Waals surface area contributed by atoms with E-state index >= 15 is 0 Å². The molecule has 1 heterocycles. The normalized spacial score (nSPS) is 12.2. The van der Waals surface area contributed by atoms with Crippen LogP contribution in [0.4, 0.5) is 0 Å². The Balaban J connectivity index is 2.19. The van der Waals surface area contributed by atoms with Gasteiger partial charge in [-0.1, -0.05) is 29.3 Å². The van der Waals surface area contributed by atoms with E-state index in [0.29, 0.717) is 16.7 Å². The van der Waals surface area contributed by atoms with Crippen molar-refractivity contribution in [3.8, 4) is 5.75 Å². The molecule has 21 heavy (non-hydrogen) atoms. The quantitative estimate of drug-likeness (QED) is 0.860. The fourth-order valence-corrected chi connectivity index (χ4v) is 2.48. The lowest BCUT2D eigenvalue weighted by Gasteiger charge is -2.17. The number of ether oxygens (including phenoxy) is 1. The van der Waals surface area contributed by atoms with E-state index in [0.717, 1.165) is 23.3 Å². The number of nitrogens with one attached hydrogen (secondary N) is 1. The molecule has 3 nitrogen and oxygen atoms in total. The van der Waals surface area contributed by atoms with Gasteiger partial charge in [0.2, 0.25) is 0 Å². The minimum atomic E-state index is 0.134. The van der Waals surface area contributed by atoms with Gasteiger partial charge < -0.3 is 10.1 Å². The molecule has 1 aromatic carbocycles. The molecule has 0 radical (unpaired) electrons. The van der Waals surface area contributed by atoms with E-state index in [1.807, 2.05) is 44.4 Å². The van der Waals surface area contributed by atoms with Gasteiger partial charge >= 0.3 is 0 Å². The number of pyridine rings is 1. The second-order valence-electron chi connectivity index (χ2n) is 4.68. The van der Waals surface area contributed by atoms with Gasteiger partial charge in [-0.05, 0) is 49.7 Å². The van der Waals surface area contributed by atoms with E-state index in [9.17, 15) is 0 Å². The number of rotatable bonds is 6. The van der Waals surface area contributed by atoms with Gasteiger partial charge in [-0.15, -0.1) is 0 Å². The number of halogens is 2. The van der Waals surface area contributed by atoms with Gasteiger partial charge in [0.1, 0.15) is 5.75 Å². The molecule has 0 aliphatic carbocycles. The zero-order valence-corrected chi connectivity index (χ0v) is 13.6. The third-order valence-electron chi connectivity index (χ3n) is 3.22. The van der Waals surface area contributed by atoms with Gasteiger partial charge in [0.25, 0.3) is 0 Å². The summed E-state index contributed by atoms with van der Waals surface area (Å²) in [6, 6.07) is 7.85. The van der Waals surface area contributed by atoms with Crippen LogP contribution < -0.4 is 10.1 Å². The minimum absolute atomic E-state index is 0.134. The van der Waals surface area contributed by atoms with Gasteiger partial charge in [0.05, 0.1) is 22.8 Å². The maximum Gasteiger partial charge on any atom is 0.137 e. The Morgan fingerprint density at radius 3 is 2.67 bits per heavy atom. The number of hydrogen-bond donors (Lipinski definition) is 1. The number of hydrogen-bond acceptors (Lipinski definition) is 3. The molecule has 0 aliphatic rings. The third kappa shape index (κ3) is 4.34. The van der Waals surface area contributed by atoms with Crippen molar-refractivity contribution in [3.63, 3.8) is 0 Å². The highest BCUT2D eigenvalue weighted by Crippen LogP contribution is 2.26. The second-order valence-corrected chi connectivity index (χ2v) is 5.50. The van der Waals surface area contributed by atoms with Crippen LogP contribution in [0.2, 0.25) is 10.0 Å². The first-order valence-corrected chi connectivity index (χ1v) is 7.58. The van der Waals surface area contributed by atoms with E-state index in [2.05, 4.69) is 10.3 Å². The van der Waals surface area contributed by atoms with Crippen molar-refractivity contribution in [3.05, 3.63) is 57.8 Å². The average molecular weight is 325 g/mol. The predicted octanol–water partition coefficient (Wildman–Crippen LogP) is 4.29. The molecule has 1 N–H and O–H groups in total. The molecule has 0 amide bonds. The van der Waals surface area contributed by atoms with E-state index in [4.69, 9.17) is 27.9 Å². The van der Waals surface area contributed by atoms with Gasteiger partial charge in [0, 0.05) is 12.2 Å². The number of benzene rings is 1. The van der Waals surface area contributed by atoms with Gasteiger partial charge in [-0.25, -0.2) is 0 Å². The first kappa shape index (κ1) is 16.1. The van der Waals surface area contributed by atoms with E-state index in [1.165, 1.54) is 0 Å². The molecule has 0 fully saturated rings. The van der Waals surface area contributed by atoms with Crippen molar-refractivity contribution in [1.82, 2.24) is 10.3 Å². The first-order valence-electron chi connectivity index (χ1n) is 6.83. The van der Waals surface area contributed by atoms with Crippen molar-refractivity contribution in [2.45, 2.75) is 19.4 Å². The van der Waals surface area contributed by atoms with Crippen molar-refractivity contribution in [2.75, 3.05) is 13.7 Å². The monoisotopic (exact) mass is 324 g/mol. The van der Waals surface area contributed by atoms with E-state index in [1.54, 1.807) is 6.20 Å². The molecule has 1 unspecified atom stereocenters. The van der Waals surface area contributed by atoms with E-state index < -0.39 is 0 Å². The molecule has 0 saturated carbocycles. The Bertz CT molecular complexity index is 605. The Hall–Kier alpha value is -1.29. The Kier molecular flexibility index (Phi) is 5.85. The van der Waals surface area contributed by atoms with Crippen molar-refractivity contribution < 1.29 is 4.74 Å². The summed E-state index contributed by atoms with van der Waals surface area (Å²) in [5, 5.41) is 4.44. The fourth-order valence-electron chi connectivity index (χ4n) is 2.16. The van der Waals surface area contributed by atoms with Gasteiger partial charge in [-0.2, -0.15) is 0 Å². The van der Waals surface area contributed by atoms with Crippen LogP contribution in [0.3, 0.4) is 0 Å². The first-order chi connectivity index (χ1) is 10.1. The summed E-state index contributed by atoms with van der Waals surface area (Å²) < 4.78 is 5.50. The Morgan fingerprint density at radius 2 is 2.00 bits per heavy atom. The maximum atomic E-state index is 6.07. The molecule has 2 aromatic rings. The number of aromatic nitrogens is 1. The lowest BCUT2D eigenvalue weighted by molar-refractivity contribution is 0.338. The Labute approximate surface area is 135 Å². The van der Waals surface area contributed by atoms with Crippen molar-refractivity contribution >= 4 is 23.2 Å². The molecule has 0 bridgehead atoms. The smallest absolute Gasteiger partial charge is 0.137 e. The summed E-state index contributed by atoms with van der Waals surface area (Å²) in [7, 11) is 1.93. The fraction of sp³-hybridized carbons (Fsp3) is 0.312. The molecule has 2 rings (SSSR count). The third-order valence-corrected chi connectivity index (χ3v) is 3.96. The number of likely N-dealkylation sites (N-methyl/N-ethyl adjacent to an activating group) is 1. The lowest BCUT2D eigenvalue weighted by atomic mass is 10.0. The zero-order valence-electron chi connectivity index (χ0n) is 12.1. The highest BCUT2D eigenvalue weighted by Gasteiger charge is 2.12. The molecule has 1 aromatic heterocycles. The molecular weight excluding hydrogens is 307 g/mol. The average Bonchev–Trinajstić information content (AvgIpc) is 2.49. The summed E-state index contributed by atoms with van der Waals surface area (Å²) in [4.78, 5) is 4.23. The van der Waals surface area contributed by atoms with Crippen LogP contribution >= 0.6 is 23.2 Å². The summed E-state index contributed by atoms with van der Waals surface area (Å²) in [5.74, 6) is 0.782. The minimum Gasteiger partial charge on any atom is -0.492 e. The van der Waals surface area contributed by atoms with Crippen LogP contribution in [0.1, 0.15) is 24.1 Å². The summed E-state index contributed by atoms with van der Waals surface area (Å²) in [6.07, 6.45) is 4.37. The van der Waals surface area contributed by atoms with Crippen LogP contribution in [0, 0.1) is 0 Å². The predicted molar refractivity (Wildman–Crippen MR) is 87.4 cm³/mol. The molecule has 0 saturated heterocycles. The van der Waals surface area contributed by atoms with Crippen LogP contribution in [-0.4, -0.2) is 18.6 Å². The standard InChI is InChI=1S/C16H18Cl2N2O/c1-3-21-13-8-12(9-20-10-13)16(19-2)7-11-4-5-14(17)15(18)6-11/h4-6,8-10,16,19H,3,7H2,1-2H3. The largest absolute Gasteiger partial charge is 0.492 e. The molecule has 1 atom stereocenters. The number of nitrogens with zero attached hydrogens (tertiary/aromatic N) is 1. The lowest BCUT2D eigenvalue weighted by Crippen LogP contribution is -2.19. The van der Waals surface area contributed by atoms with Crippen molar-refractivity contribution in [1.29, 1.82) is 0 Å². The molecule has 0 spiro atoms. The van der Waals surface area contributed by atoms with Crippen LogP contribution in [-0.2, 0) is 6.42 Å². The summed E-state index contributed by atoms with van der Waals surface area (Å²) in [5.41, 5.74) is 2.19. The zero-order chi connectivity index (χ0) is 15.2. The van der Waals surface area contributed by atoms with Crippen molar-refractivity contribution in [2.24, 2.45) is 0 Å². The molecule has 112 valence electrons. The topological polar surface area (TPSA) is 34.1 Å². The van der Waals surface area contributed by atoms with Gasteiger partial charge in [-0.3, -0.25) is 4.98 Å². The molecule has 0 aliphatic heterocycles. The SMILES string of the molecule is CCOc1cncc(C(Cc2ccc(Cl)c(Cl)c2)NC)c1. The summed E-state index contributed by atoms with van der Waals surface area (Å²) in [6.45, 7) is 2.58. The van der Waals surface area contributed by atoms with Gasteiger partial charge in [0.15, 0.2) is 0 Å². The van der Waals surface area contributed by atoms with Crippen LogP contribution in [0.25, 0.3) is 0 Å². The Morgan fingerprint density at radius 1 is 1.19 bits per heavy atom. The second kappa shape index (κ2) is 7.64.